The van der Waals surface area contributed by atoms with E-state index in [1.165, 1.54) is 11.6 Å². The third-order valence-electron chi connectivity index (χ3n) is 5.28. The summed E-state index contributed by atoms with van der Waals surface area (Å²) in [5.41, 5.74) is 3.90. The molecule has 1 aliphatic heterocycles. The van der Waals surface area contributed by atoms with E-state index in [4.69, 9.17) is 0 Å². The van der Waals surface area contributed by atoms with Crippen molar-refractivity contribution in [3.63, 3.8) is 0 Å². The minimum absolute atomic E-state index is 0.0197. The first-order chi connectivity index (χ1) is 13.0. The number of halogens is 1. The molecule has 0 bridgehead atoms. The average Bonchev–Trinajstić information content (AvgIpc) is 2.86. The molecular formula is C22H28FN3O. The Labute approximate surface area is 161 Å². The fourth-order valence-electron chi connectivity index (χ4n) is 3.49. The molecule has 0 aromatic heterocycles. The van der Waals surface area contributed by atoms with E-state index >= 15 is 0 Å². The Morgan fingerprint density at radius 2 is 1.74 bits per heavy atom. The predicted molar refractivity (Wildman–Crippen MR) is 107 cm³/mol. The zero-order chi connectivity index (χ0) is 19.2. The molecule has 1 heterocycles. The topological polar surface area (TPSA) is 35.6 Å². The number of anilines is 1. The minimum Gasteiger partial charge on any atom is -0.325 e. The van der Waals surface area contributed by atoms with Gasteiger partial charge in [-0.2, -0.15) is 0 Å². The summed E-state index contributed by atoms with van der Waals surface area (Å²) in [6, 6.07) is 12.9. The summed E-state index contributed by atoms with van der Waals surface area (Å²) in [6.45, 7) is 8.54. The highest BCUT2D eigenvalue weighted by molar-refractivity contribution is 5.93. The number of hydrogen-bond acceptors (Lipinski definition) is 3. The zero-order valence-corrected chi connectivity index (χ0v) is 16.2. The first-order valence-electron chi connectivity index (χ1n) is 9.57. The summed E-state index contributed by atoms with van der Waals surface area (Å²) in [5, 5.41) is 3.03. The number of carbonyl (C=O) groups excluding carboxylic acids is 1. The molecule has 0 spiro atoms. The SMILES string of the molecule is Cc1cccc(NC(=O)CN2CCCN(Cc3ccccc3F)CC2)c1C. The molecule has 144 valence electrons. The fourth-order valence-corrected chi connectivity index (χ4v) is 3.49. The smallest absolute Gasteiger partial charge is 0.238 e. The lowest BCUT2D eigenvalue weighted by atomic mass is 10.1. The van der Waals surface area contributed by atoms with E-state index in [1.807, 2.05) is 44.2 Å². The van der Waals surface area contributed by atoms with Gasteiger partial charge in [0.15, 0.2) is 0 Å². The number of hydrogen-bond donors (Lipinski definition) is 1. The molecule has 27 heavy (non-hydrogen) atoms. The van der Waals surface area contributed by atoms with Crippen LogP contribution in [0, 0.1) is 19.7 Å². The normalized spacial score (nSPS) is 16.1. The van der Waals surface area contributed by atoms with E-state index in [9.17, 15) is 9.18 Å². The van der Waals surface area contributed by atoms with Gasteiger partial charge in [0.25, 0.3) is 0 Å². The molecule has 0 aliphatic carbocycles. The van der Waals surface area contributed by atoms with Crippen molar-refractivity contribution in [2.24, 2.45) is 0 Å². The van der Waals surface area contributed by atoms with Crippen molar-refractivity contribution < 1.29 is 9.18 Å². The molecule has 0 unspecified atom stereocenters. The van der Waals surface area contributed by atoms with Crippen LogP contribution in [0.25, 0.3) is 0 Å². The van der Waals surface area contributed by atoms with Crippen LogP contribution in [-0.4, -0.2) is 48.4 Å². The predicted octanol–water partition coefficient (Wildman–Crippen LogP) is 3.59. The van der Waals surface area contributed by atoms with Gasteiger partial charge in [0.2, 0.25) is 5.91 Å². The second-order valence-corrected chi connectivity index (χ2v) is 7.29. The summed E-state index contributed by atoms with van der Waals surface area (Å²) >= 11 is 0. The van der Waals surface area contributed by atoms with Crippen molar-refractivity contribution in [3.8, 4) is 0 Å². The largest absolute Gasteiger partial charge is 0.325 e. The van der Waals surface area contributed by atoms with E-state index in [2.05, 4.69) is 15.1 Å². The van der Waals surface area contributed by atoms with Crippen molar-refractivity contribution >= 4 is 11.6 Å². The van der Waals surface area contributed by atoms with Gasteiger partial charge in [-0.3, -0.25) is 14.6 Å². The first kappa shape index (κ1) is 19.5. The van der Waals surface area contributed by atoms with Gasteiger partial charge in [-0.05, 0) is 56.6 Å². The van der Waals surface area contributed by atoms with Crippen LogP contribution in [0.15, 0.2) is 42.5 Å². The van der Waals surface area contributed by atoms with Gasteiger partial charge in [0.05, 0.1) is 6.54 Å². The van der Waals surface area contributed by atoms with Crippen molar-refractivity contribution in [2.75, 3.05) is 38.0 Å². The summed E-state index contributed by atoms with van der Waals surface area (Å²) in [5.74, 6) is -0.127. The number of carbonyl (C=O) groups is 1. The molecule has 0 saturated carbocycles. The molecule has 1 fully saturated rings. The lowest BCUT2D eigenvalue weighted by Gasteiger charge is -2.22. The zero-order valence-electron chi connectivity index (χ0n) is 16.2. The molecule has 1 saturated heterocycles. The van der Waals surface area contributed by atoms with Crippen LogP contribution in [0.3, 0.4) is 0 Å². The van der Waals surface area contributed by atoms with Crippen LogP contribution in [0.1, 0.15) is 23.1 Å². The second kappa shape index (κ2) is 9.11. The highest BCUT2D eigenvalue weighted by atomic mass is 19.1. The van der Waals surface area contributed by atoms with Gasteiger partial charge >= 0.3 is 0 Å². The number of amides is 1. The van der Waals surface area contributed by atoms with Crippen LogP contribution in [0.4, 0.5) is 10.1 Å². The first-order valence-corrected chi connectivity index (χ1v) is 9.57. The summed E-state index contributed by atoms with van der Waals surface area (Å²) in [7, 11) is 0. The number of aryl methyl sites for hydroxylation is 1. The van der Waals surface area contributed by atoms with Crippen LogP contribution in [-0.2, 0) is 11.3 Å². The highest BCUT2D eigenvalue weighted by Gasteiger charge is 2.18. The van der Waals surface area contributed by atoms with Gasteiger partial charge in [0.1, 0.15) is 5.82 Å². The van der Waals surface area contributed by atoms with E-state index < -0.39 is 0 Å². The fraction of sp³-hybridized carbons (Fsp3) is 0.409. The summed E-state index contributed by atoms with van der Waals surface area (Å²) in [4.78, 5) is 16.9. The molecule has 5 heteroatoms. The standard InChI is InChI=1S/C22H28FN3O/c1-17-7-5-10-21(18(17)2)24-22(27)16-26-12-6-11-25(13-14-26)15-19-8-3-4-9-20(19)23/h3-5,7-10H,6,11-16H2,1-2H3,(H,24,27). The Hall–Kier alpha value is -2.24. The summed E-state index contributed by atoms with van der Waals surface area (Å²) in [6.07, 6.45) is 0.977. The molecule has 2 aromatic rings. The number of nitrogens with one attached hydrogen (secondary N) is 1. The molecule has 1 aliphatic rings. The monoisotopic (exact) mass is 369 g/mol. The number of benzene rings is 2. The van der Waals surface area contributed by atoms with Crippen molar-refractivity contribution in [1.29, 1.82) is 0 Å². The molecule has 2 aromatic carbocycles. The van der Waals surface area contributed by atoms with Crippen molar-refractivity contribution in [1.82, 2.24) is 9.80 Å². The lowest BCUT2D eigenvalue weighted by molar-refractivity contribution is -0.117. The maximum Gasteiger partial charge on any atom is 0.238 e. The lowest BCUT2D eigenvalue weighted by Crippen LogP contribution is -2.36. The molecule has 0 radical (unpaired) electrons. The van der Waals surface area contributed by atoms with Gasteiger partial charge < -0.3 is 5.32 Å². The molecule has 0 atom stereocenters. The third kappa shape index (κ3) is 5.37. The molecule has 1 amide bonds. The number of nitrogens with zero attached hydrogens (tertiary/aromatic N) is 2. The van der Waals surface area contributed by atoms with E-state index in [1.54, 1.807) is 6.07 Å². The maximum absolute atomic E-state index is 13.9. The van der Waals surface area contributed by atoms with Gasteiger partial charge in [-0.25, -0.2) is 4.39 Å². The van der Waals surface area contributed by atoms with Gasteiger partial charge in [0, 0.05) is 30.9 Å². The van der Waals surface area contributed by atoms with Crippen molar-refractivity contribution in [2.45, 2.75) is 26.8 Å². The Morgan fingerprint density at radius 1 is 1.00 bits per heavy atom. The van der Waals surface area contributed by atoms with E-state index in [0.717, 1.165) is 49.4 Å². The Morgan fingerprint density at radius 3 is 2.56 bits per heavy atom. The van der Waals surface area contributed by atoms with Crippen LogP contribution in [0.5, 0.6) is 0 Å². The van der Waals surface area contributed by atoms with Crippen LogP contribution < -0.4 is 5.32 Å². The summed E-state index contributed by atoms with van der Waals surface area (Å²) < 4.78 is 13.9. The molecular weight excluding hydrogens is 341 g/mol. The maximum atomic E-state index is 13.9. The van der Waals surface area contributed by atoms with Crippen LogP contribution >= 0.6 is 0 Å². The number of rotatable bonds is 5. The van der Waals surface area contributed by atoms with Crippen LogP contribution in [0.2, 0.25) is 0 Å². The average molecular weight is 369 g/mol. The highest BCUT2D eigenvalue weighted by Crippen LogP contribution is 2.18. The minimum atomic E-state index is -0.147. The molecule has 3 rings (SSSR count). The van der Waals surface area contributed by atoms with E-state index in [-0.39, 0.29) is 11.7 Å². The third-order valence-corrected chi connectivity index (χ3v) is 5.28. The van der Waals surface area contributed by atoms with Gasteiger partial charge in [-0.1, -0.05) is 30.3 Å². The molecule has 4 nitrogen and oxygen atoms in total. The van der Waals surface area contributed by atoms with Crippen molar-refractivity contribution in [3.05, 3.63) is 65.0 Å². The van der Waals surface area contributed by atoms with E-state index in [0.29, 0.717) is 13.1 Å². The Kier molecular flexibility index (Phi) is 6.58. The Bertz CT molecular complexity index is 793. The second-order valence-electron chi connectivity index (χ2n) is 7.29. The Balaban J connectivity index is 1.51. The molecule has 1 N–H and O–H groups in total. The quantitative estimate of drug-likeness (QED) is 0.875. The van der Waals surface area contributed by atoms with Gasteiger partial charge in [-0.15, -0.1) is 0 Å².